The minimum Gasteiger partial charge on any atom is -0.478 e. The topological polar surface area (TPSA) is 113 Å². The van der Waals surface area contributed by atoms with E-state index in [0.29, 0.717) is 10.7 Å². The summed E-state index contributed by atoms with van der Waals surface area (Å²) in [6.07, 6.45) is -1.09. The Morgan fingerprint density at radius 3 is 2.84 bits per heavy atom. The molecular weight excluding hydrogens is 272 g/mol. The van der Waals surface area contributed by atoms with Crippen LogP contribution in [0.5, 0.6) is 0 Å². The highest BCUT2D eigenvalue weighted by Gasteiger charge is 2.19. The number of rotatable bonds is 4. The zero-order chi connectivity index (χ0) is 14.2. The summed E-state index contributed by atoms with van der Waals surface area (Å²) in [7, 11) is 0. The van der Waals surface area contributed by atoms with Crippen LogP contribution in [0.25, 0.3) is 10.2 Å². The zero-order valence-electron chi connectivity index (χ0n) is 10.0. The minimum absolute atomic E-state index is 0.0354. The van der Waals surface area contributed by atoms with E-state index in [0.717, 1.165) is 11.3 Å². The van der Waals surface area contributed by atoms with Crippen molar-refractivity contribution >= 4 is 27.5 Å². The molecule has 2 heterocycles. The largest absolute Gasteiger partial charge is 0.478 e. The van der Waals surface area contributed by atoms with E-state index in [4.69, 9.17) is 10.2 Å². The number of nitrogens with zero attached hydrogens (tertiary/aromatic N) is 2. The molecule has 2 aromatic rings. The van der Waals surface area contributed by atoms with E-state index in [9.17, 15) is 14.7 Å². The highest BCUT2D eigenvalue weighted by molar-refractivity contribution is 7.17. The average Bonchev–Trinajstić information content (AvgIpc) is 2.77. The molecule has 0 aromatic carbocycles. The molecular formula is C11H12N2O5S. The van der Waals surface area contributed by atoms with Gasteiger partial charge in [-0.1, -0.05) is 0 Å². The molecule has 19 heavy (non-hydrogen) atoms. The van der Waals surface area contributed by atoms with Gasteiger partial charge >= 0.3 is 5.97 Å². The van der Waals surface area contributed by atoms with Crippen molar-refractivity contribution in [3.8, 4) is 0 Å². The Hall–Kier alpha value is -1.77. The maximum absolute atomic E-state index is 12.3. The van der Waals surface area contributed by atoms with Gasteiger partial charge in [-0.2, -0.15) is 0 Å². The number of carboxylic acids is 1. The molecule has 0 fully saturated rings. The van der Waals surface area contributed by atoms with Crippen molar-refractivity contribution in [2.75, 3.05) is 6.61 Å². The second-order valence-electron chi connectivity index (χ2n) is 4.05. The van der Waals surface area contributed by atoms with Crippen LogP contribution in [-0.2, 0) is 6.54 Å². The fraction of sp³-hybridized carbons (Fsp3) is 0.364. The number of hydrogen-bond acceptors (Lipinski definition) is 6. The molecule has 1 atom stereocenters. The van der Waals surface area contributed by atoms with Gasteiger partial charge in [0.2, 0.25) is 0 Å². The van der Waals surface area contributed by atoms with Crippen molar-refractivity contribution in [3.63, 3.8) is 0 Å². The molecule has 0 aliphatic heterocycles. The number of carboxylic acid groups (broad SMARTS) is 1. The van der Waals surface area contributed by atoms with E-state index < -0.39 is 24.2 Å². The Labute approximate surface area is 111 Å². The van der Waals surface area contributed by atoms with Gasteiger partial charge in [0.05, 0.1) is 30.2 Å². The monoisotopic (exact) mass is 284 g/mol. The molecule has 0 amide bonds. The summed E-state index contributed by atoms with van der Waals surface area (Å²) in [6.45, 7) is 0.976. The van der Waals surface area contributed by atoms with Crippen molar-refractivity contribution in [1.82, 2.24) is 9.55 Å². The van der Waals surface area contributed by atoms with Gasteiger partial charge in [-0.15, -0.1) is 11.3 Å². The quantitative estimate of drug-likeness (QED) is 0.717. The van der Waals surface area contributed by atoms with Crippen molar-refractivity contribution in [1.29, 1.82) is 0 Å². The SMILES string of the molecule is Cc1nc2scc(C(=O)O)c2c(=O)n1CC(O)CO. The van der Waals surface area contributed by atoms with Crippen LogP contribution in [-0.4, -0.2) is 43.6 Å². The molecule has 0 bridgehead atoms. The second-order valence-corrected chi connectivity index (χ2v) is 4.90. The standard InChI is InChI=1S/C11H12N2O5S/c1-5-12-9-8(7(4-19-9)11(17)18)10(16)13(5)2-6(15)3-14/h4,6,14-15H,2-3H2,1H3,(H,17,18). The van der Waals surface area contributed by atoms with Gasteiger partial charge < -0.3 is 15.3 Å². The van der Waals surface area contributed by atoms with Crippen LogP contribution in [0, 0.1) is 6.92 Å². The Bertz CT molecular complexity index is 690. The van der Waals surface area contributed by atoms with Crippen molar-refractivity contribution in [3.05, 3.63) is 27.1 Å². The number of carbonyl (C=O) groups is 1. The molecule has 2 aromatic heterocycles. The van der Waals surface area contributed by atoms with Crippen LogP contribution >= 0.6 is 11.3 Å². The maximum atomic E-state index is 12.3. The Kier molecular flexibility index (Phi) is 3.65. The predicted octanol–water partition coefficient (Wildman–Crippen LogP) is -0.182. The highest BCUT2D eigenvalue weighted by Crippen LogP contribution is 2.21. The average molecular weight is 284 g/mol. The van der Waals surface area contributed by atoms with E-state index in [1.54, 1.807) is 6.92 Å². The zero-order valence-corrected chi connectivity index (χ0v) is 10.8. The van der Waals surface area contributed by atoms with Gasteiger partial charge in [-0.05, 0) is 6.92 Å². The van der Waals surface area contributed by atoms with E-state index in [2.05, 4.69) is 4.98 Å². The van der Waals surface area contributed by atoms with Gasteiger partial charge in [-0.25, -0.2) is 9.78 Å². The van der Waals surface area contributed by atoms with Crippen LogP contribution in [0.3, 0.4) is 0 Å². The molecule has 0 aliphatic rings. The predicted molar refractivity (Wildman–Crippen MR) is 68.7 cm³/mol. The lowest BCUT2D eigenvalue weighted by Crippen LogP contribution is -2.31. The lowest BCUT2D eigenvalue weighted by Gasteiger charge is -2.12. The summed E-state index contributed by atoms with van der Waals surface area (Å²) in [5.74, 6) is -0.827. The minimum atomic E-state index is -1.19. The third-order valence-corrected chi connectivity index (χ3v) is 3.59. The van der Waals surface area contributed by atoms with E-state index in [1.165, 1.54) is 9.95 Å². The van der Waals surface area contributed by atoms with Crippen molar-refractivity contribution < 1.29 is 20.1 Å². The first-order valence-electron chi connectivity index (χ1n) is 5.46. The van der Waals surface area contributed by atoms with Crippen LogP contribution < -0.4 is 5.56 Å². The Morgan fingerprint density at radius 1 is 1.58 bits per heavy atom. The lowest BCUT2D eigenvalue weighted by atomic mass is 10.2. The van der Waals surface area contributed by atoms with Crippen LogP contribution in [0.4, 0.5) is 0 Å². The smallest absolute Gasteiger partial charge is 0.337 e. The fourth-order valence-electron chi connectivity index (χ4n) is 1.77. The van der Waals surface area contributed by atoms with Crippen molar-refractivity contribution in [2.45, 2.75) is 19.6 Å². The van der Waals surface area contributed by atoms with Crippen LogP contribution in [0.1, 0.15) is 16.2 Å². The number of hydrogen-bond donors (Lipinski definition) is 3. The van der Waals surface area contributed by atoms with Gasteiger partial charge in [0.25, 0.3) is 5.56 Å². The number of aromatic carboxylic acids is 1. The first kappa shape index (κ1) is 13.7. The first-order valence-corrected chi connectivity index (χ1v) is 6.34. The molecule has 0 saturated heterocycles. The Morgan fingerprint density at radius 2 is 2.26 bits per heavy atom. The Balaban J connectivity index is 2.68. The molecule has 3 N–H and O–H groups in total. The number of fused-ring (bicyclic) bond motifs is 1. The van der Waals surface area contributed by atoms with Gasteiger partial charge in [0.15, 0.2) is 0 Å². The summed E-state index contributed by atoms with van der Waals surface area (Å²) in [6, 6.07) is 0. The molecule has 7 nitrogen and oxygen atoms in total. The molecule has 2 rings (SSSR count). The number of aliphatic hydroxyl groups is 2. The molecule has 0 aliphatic carbocycles. The molecule has 1 unspecified atom stereocenters. The van der Waals surface area contributed by atoms with E-state index >= 15 is 0 Å². The third kappa shape index (κ3) is 2.37. The normalized spacial score (nSPS) is 12.8. The molecule has 8 heteroatoms. The summed E-state index contributed by atoms with van der Waals surface area (Å²) in [5.41, 5.74) is -0.613. The lowest BCUT2D eigenvalue weighted by molar-refractivity contribution is 0.0699. The van der Waals surface area contributed by atoms with Gasteiger partial charge in [-0.3, -0.25) is 9.36 Å². The van der Waals surface area contributed by atoms with Gasteiger partial charge in [0, 0.05) is 5.38 Å². The third-order valence-electron chi connectivity index (χ3n) is 2.72. The molecule has 102 valence electrons. The summed E-state index contributed by atoms with van der Waals surface area (Å²) in [5, 5.41) is 28.7. The fourth-order valence-corrected chi connectivity index (χ4v) is 2.71. The molecule has 0 spiro atoms. The van der Waals surface area contributed by atoms with Gasteiger partial charge in [0.1, 0.15) is 10.7 Å². The van der Waals surface area contributed by atoms with Crippen LogP contribution in [0.2, 0.25) is 0 Å². The summed E-state index contributed by atoms with van der Waals surface area (Å²) in [4.78, 5) is 27.8. The molecule has 0 saturated carbocycles. The highest BCUT2D eigenvalue weighted by atomic mass is 32.1. The first-order chi connectivity index (χ1) is 8.95. The number of aromatic nitrogens is 2. The van der Waals surface area contributed by atoms with Crippen molar-refractivity contribution in [2.24, 2.45) is 0 Å². The van der Waals surface area contributed by atoms with E-state index in [1.807, 2.05) is 0 Å². The number of aryl methyl sites for hydroxylation is 1. The number of thiophene rings is 1. The second kappa shape index (κ2) is 5.08. The molecule has 0 radical (unpaired) electrons. The summed E-state index contributed by atoms with van der Waals surface area (Å²) >= 11 is 1.09. The summed E-state index contributed by atoms with van der Waals surface area (Å²) < 4.78 is 1.17. The van der Waals surface area contributed by atoms with Crippen LogP contribution in [0.15, 0.2) is 10.2 Å². The van der Waals surface area contributed by atoms with E-state index in [-0.39, 0.29) is 17.5 Å². The number of aliphatic hydroxyl groups excluding tert-OH is 2. The maximum Gasteiger partial charge on any atom is 0.337 e.